The molecule has 0 aliphatic rings. The van der Waals surface area contributed by atoms with Crippen molar-refractivity contribution in [2.75, 3.05) is 0 Å². The molecular weight excluding hydrogens is 314 g/mol. The number of aromatic nitrogens is 3. The number of nitrogens with zero attached hydrogens (tertiary/aromatic N) is 2. The van der Waals surface area contributed by atoms with Gasteiger partial charge < -0.3 is 9.30 Å². The quantitative estimate of drug-likeness (QED) is 0.872. The predicted octanol–water partition coefficient (Wildman–Crippen LogP) is 3.61. The Bertz CT molecular complexity index is 606. The number of ether oxygens (including phenoxy) is 1. The van der Waals surface area contributed by atoms with Crippen LogP contribution >= 0.6 is 28.1 Å². The lowest BCUT2D eigenvalue weighted by Gasteiger charge is -2.09. The Balaban J connectivity index is 2.14. The fraction of sp³-hybridized carbons (Fsp3) is 0.333. The monoisotopic (exact) mass is 327 g/mol. The van der Waals surface area contributed by atoms with E-state index in [1.807, 2.05) is 36.6 Å². The van der Waals surface area contributed by atoms with E-state index in [1.165, 1.54) is 5.56 Å². The van der Waals surface area contributed by atoms with Crippen LogP contribution < -0.4 is 4.74 Å². The molecule has 0 fully saturated rings. The van der Waals surface area contributed by atoms with Crippen molar-refractivity contribution in [2.24, 2.45) is 0 Å². The summed E-state index contributed by atoms with van der Waals surface area (Å²) in [7, 11) is 0. The third-order valence-electron chi connectivity index (χ3n) is 2.60. The second-order valence-corrected chi connectivity index (χ2v) is 5.15. The Morgan fingerprint density at radius 2 is 2.28 bits per heavy atom. The van der Waals surface area contributed by atoms with Crippen LogP contribution in [-0.2, 0) is 13.2 Å². The summed E-state index contributed by atoms with van der Waals surface area (Å²) >= 11 is 8.61. The maximum absolute atomic E-state index is 5.74. The molecule has 0 atom stereocenters. The molecule has 0 aliphatic carbocycles. The van der Waals surface area contributed by atoms with Gasteiger partial charge in [-0.3, -0.25) is 5.10 Å². The molecule has 0 amide bonds. The van der Waals surface area contributed by atoms with Crippen molar-refractivity contribution in [3.8, 4) is 5.75 Å². The highest BCUT2D eigenvalue weighted by atomic mass is 79.9. The van der Waals surface area contributed by atoms with Gasteiger partial charge in [0.25, 0.3) is 0 Å². The van der Waals surface area contributed by atoms with E-state index in [0.29, 0.717) is 11.4 Å². The van der Waals surface area contributed by atoms with E-state index in [0.717, 1.165) is 22.6 Å². The molecule has 2 rings (SSSR count). The molecule has 1 heterocycles. The molecule has 1 N–H and O–H groups in total. The topological polar surface area (TPSA) is 42.8 Å². The van der Waals surface area contributed by atoms with Crippen LogP contribution in [0.2, 0.25) is 0 Å². The molecule has 0 unspecified atom stereocenters. The van der Waals surface area contributed by atoms with Gasteiger partial charge in [-0.25, -0.2) is 0 Å². The van der Waals surface area contributed by atoms with E-state index in [2.05, 4.69) is 26.1 Å². The van der Waals surface area contributed by atoms with Crippen LogP contribution in [0, 0.1) is 11.7 Å². The van der Waals surface area contributed by atoms with Crippen molar-refractivity contribution in [3.63, 3.8) is 0 Å². The van der Waals surface area contributed by atoms with E-state index in [4.69, 9.17) is 17.0 Å². The van der Waals surface area contributed by atoms with Crippen LogP contribution in [0.25, 0.3) is 0 Å². The Morgan fingerprint density at radius 1 is 1.50 bits per heavy atom. The molecule has 6 heteroatoms. The van der Waals surface area contributed by atoms with Crippen molar-refractivity contribution in [3.05, 3.63) is 38.8 Å². The number of benzene rings is 1. The number of hydrogen-bond donors (Lipinski definition) is 1. The van der Waals surface area contributed by atoms with Gasteiger partial charge in [0.15, 0.2) is 10.6 Å². The molecule has 0 bridgehead atoms. The first kappa shape index (κ1) is 13.3. The SMILES string of the molecule is CCn1c(COc2ccc(C)cc2Br)n[nH]c1=S. The van der Waals surface area contributed by atoms with Gasteiger partial charge in [-0.05, 0) is 59.7 Å². The van der Waals surface area contributed by atoms with E-state index >= 15 is 0 Å². The summed E-state index contributed by atoms with van der Waals surface area (Å²) in [5.41, 5.74) is 1.19. The third kappa shape index (κ3) is 2.81. The number of aromatic amines is 1. The van der Waals surface area contributed by atoms with Gasteiger partial charge in [0.05, 0.1) is 4.47 Å². The molecular formula is C12H14BrN3OS. The first-order valence-corrected chi connectivity index (χ1v) is 6.85. The van der Waals surface area contributed by atoms with E-state index < -0.39 is 0 Å². The summed E-state index contributed by atoms with van der Waals surface area (Å²) in [6.07, 6.45) is 0. The number of hydrogen-bond acceptors (Lipinski definition) is 3. The Morgan fingerprint density at radius 3 is 2.94 bits per heavy atom. The third-order valence-corrected chi connectivity index (χ3v) is 3.53. The first-order chi connectivity index (χ1) is 8.61. The van der Waals surface area contributed by atoms with Gasteiger partial charge in [-0.15, -0.1) is 0 Å². The van der Waals surface area contributed by atoms with Gasteiger partial charge in [0.2, 0.25) is 0 Å². The van der Waals surface area contributed by atoms with Gasteiger partial charge in [-0.2, -0.15) is 5.10 Å². The number of rotatable bonds is 4. The Kier molecular flexibility index (Phi) is 4.19. The summed E-state index contributed by atoms with van der Waals surface area (Å²) in [4.78, 5) is 0. The lowest BCUT2D eigenvalue weighted by atomic mass is 10.2. The summed E-state index contributed by atoms with van der Waals surface area (Å²) in [5, 5.41) is 6.93. The van der Waals surface area contributed by atoms with Gasteiger partial charge in [0, 0.05) is 6.54 Å². The summed E-state index contributed by atoms with van der Waals surface area (Å²) in [6.45, 7) is 5.24. The summed E-state index contributed by atoms with van der Waals surface area (Å²) < 4.78 is 9.22. The fourth-order valence-electron chi connectivity index (χ4n) is 1.65. The molecule has 18 heavy (non-hydrogen) atoms. The standard InChI is InChI=1S/C12H14BrN3OS/c1-3-16-11(14-15-12(16)18)7-17-10-5-4-8(2)6-9(10)13/h4-6H,3,7H2,1-2H3,(H,15,18). The van der Waals surface area contributed by atoms with Crippen LogP contribution in [-0.4, -0.2) is 14.8 Å². The fourth-order valence-corrected chi connectivity index (χ4v) is 2.54. The smallest absolute Gasteiger partial charge is 0.195 e. The minimum atomic E-state index is 0.392. The highest BCUT2D eigenvalue weighted by Crippen LogP contribution is 2.26. The highest BCUT2D eigenvalue weighted by molar-refractivity contribution is 9.10. The molecule has 0 saturated carbocycles. The second kappa shape index (κ2) is 5.67. The van der Waals surface area contributed by atoms with Crippen LogP contribution in [0.4, 0.5) is 0 Å². The minimum absolute atomic E-state index is 0.392. The van der Waals surface area contributed by atoms with E-state index in [9.17, 15) is 0 Å². The average molecular weight is 328 g/mol. The largest absolute Gasteiger partial charge is 0.484 e. The molecule has 96 valence electrons. The summed E-state index contributed by atoms with van der Waals surface area (Å²) in [5.74, 6) is 1.60. The zero-order valence-electron chi connectivity index (χ0n) is 10.2. The lowest BCUT2D eigenvalue weighted by molar-refractivity contribution is 0.287. The van der Waals surface area contributed by atoms with Gasteiger partial charge in [-0.1, -0.05) is 6.07 Å². The zero-order valence-corrected chi connectivity index (χ0v) is 12.6. The number of aryl methyl sites for hydroxylation is 1. The number of halogens is 1. The van der Waals surface area contributed by atoms with Crippen LogP contribution in [0.3, 0.4) is 0 Å². The lowest BCUT2D eigenvalue weighted by Crippen LogP contribution is -2.06. The van der Waals surface area contributed by atoms with Gasteiger partial charge >= 0.3 is 0 Å². The Labute approximate surface area is 119 Å². The second-order valence-electron chi connectivity index (χ2n) is 3.91. The molecule has 4 nitrogen and oxygen atoms in total. The van der Waals surface area contributed by atoms with Crippen LogP contribution in [0.15, 0.2) is 22.7 Å². The predicted molar refractivity (Wildman–Crippen MR) is 76.3 cm³/mol. The molecule has 1 aromatic heterocycles. The van der Waals surface area contributed by atoms with Crippen LogP contribution in [0.1, 0.15) is 18.3 Å². The average Bonchev–Trinajstić information content (AvgIpc) is 2.69. The van der Waals surface area contributed by atoms with Crippen molar-refractivity contribution >= 4 is 28.1 Å². The van der Waals surface area contributed by atoms with E-state index in [1.54, 1.807) is 0 Å². The number of H-pyrrole nitrogens is 1. The van der Waals surface area contributed by atoms with E-state index in [-0.39, 0.29) is 0 Å². The number of nitrogens with one attached hydrogen (secondary N) is 1. The van der Waals surface area contributed by atoms with Crippen molar-refractivity contribution < 1.29 is 4.74 Å². The van der Waals surface area contributed by atoms with Crippen molar-refractivity contribution in [1.82, 2.24) is 14.8 Å². The molecule has 0 saturated heterocycles. The molecule has 1 aromatic carbocycles. The van der Waals surface area contributed by atoms with Gasteiger partial charge in [0.1, 0.15) is 12.4 Å². The summed E-state index contributed by atoms with van der Waals surface area (Å²) in [6, 6.07) is 5.97. The first-order valence-electron chi connectivity index (χ1n) is 5.65. The highest BCUT2D eigenvalue weighted by Gasteiger charge is 2.07. The normalized spacial score (nSPS) is 10.6. The maximum Gasteiger partial charge on any atom is 0.195 e. The Hall–Kier alpha value is -1.14. The maximum atomic E-state index is 5.74. The molecule has 0 spiro atoms. The molecule has 0 aliphatic heterocycles. The van der Waals surface area contributed by atoms with Crippen molar-refractivity contribution in [2.45, 2.75) is 27.0 Å². The molecule has 2 aromatic rings. The zero-order chi connectivity index (χ0) is 13.1. The molecule has 0 radical (unpaired) electrons. The minimum Gasteiger partial charge on any atom is -0.484 e. The van der Waals surface area contributed by atoms with Crippen molar-refractivity contribution in [1.29, 1.82) is 0 Å². The van der Waals surface area contributed by atoms with Crippen LogP contribution in [0.5, 0.6) is 5.75 Å².